The minimum Gasteiger partial charge on any atom is -0.506 e. The van der Waals surface area contributed by atoms with E-state index in [2.05, 4.69) is 20.4 Å². The van der Waals surface area contributed by atoms with Crippen molar-refractivity contribution in [3.05, 3.63) is 48.6 Å². The van der Waals surface area contributed by atoms with Crippen LogP contribution in [0.4, 0.5) is 5.69 Å². The van der Waals surface area contributed by atoms with E-state index in [1.54, 1.807) is 24.5 Å². The largest absolute Gasteiger partial charge is 0.506 e. The second-order valence-electron chi connectivity index (χ2n) is 5.88. The first-order valence-corrected chi connectivity index (χ1v) is 10.1. The van der Waals surface area contributed by atoms with Crippen molar-refractivity contribution in [1.29, 1.82) is 0 Å². The first-order chi connectivity index (χ1) is 13.4. The van der Waals surface area contributed by atoms with Gasteiger partial charge in [0.15, 0.2) is 9.84 Å². The van der Waals surface area contributed by atoms with Crippen molar-refractivity contribution in [1.82, 2.24) is 15.1 Å². The summed E-state index contributed by atoms with van der Waals surface area (Å²) in [5, 5.41) is 16.2. The number of nitrogens with one attached hydrogen (secondary N) is 1. The maximum Gasteiger partial charge on any atom is 0.227 e. The van der Waals surface area contributed by atoms with E-state index in [4.69, 9.17) is 4.52 Å². The van der Waals surface area contributed by atoms with Gasteiger partial charge in [0.25, 0.3) is 0 Å². The topological polar surface area (TPSA) is 135 Å². The van der Waals surface area contributed by atoms with Crippen LogP contribution in [0.2, 0.25) is 0 Å². The lowest BCUT2D eigenvalue weighted by Gasteiger charge is -2.09. The third kappa shape index (κ3) is 4.52. The first-order valence-electron chi connectivity index (χ1n) is 8.47. The number of phenolic OH excluding ortho intramolecular Hbond substituents is 1. The molecule has 146 valence electrons. The molecule has 0 fully saturated rings. The van der Waals surface area contributed by atoms with Crippen LogP contribution in [0.25, 0.3) is 11.4 Å². The van der Waals surface area contributed by atoms with E-state index in [0.29, 0.717) is 11.4 Å². The average molecular weight is 402 g/mol. The lowest BCUT2D eigenvalue weighted by molar-refractivity contribution is -0.116. The zero-order chi connectivity index (χ0) is 20.1. The van der Waals surface area contributed by atoms with Crippen molar-refractivity contribution >= 4 is 21.4 Å². The van der Waals surface area contributed by atoms with Gasteiger partial charge in [-0.25, -0.2) is 8.42 Å². The molecule has 0 aliphatic carbocycles. The molecule has 2 heterocycles. The fraction of sp³-hybridized carbons (Fsp3) is 0.222. The molecular formula is C18H18N4O5S. The molecule has 0 spiro atoms. The zero-order valence-corrected chi connectivity index (χ0v) is 15.8. The number of hydrogen-bond acceptors (Lipinski definition) is 8. The lowest BCUT2D eigenvalue weighted by Crippen LogP contribution is -2.13. The highest BCUT2D eigenvalue weighted by atomic mass is 32.2. The molecular weight excluding hydrogens is 384 g/mol. The maximum atomic E-state index is 12.2. The van der Waals surface area contributed by atoms with Crippen LogP contribution in [-0.2, 0) is 21.1 Å². The molecule has 0 unspecified atom stereocenters. The number of amides is 1. The summed E-state index contributed by atoms with van der Waals surface area (Å²) >= 11 is 0. The second-order valence-corrected chi connectivity index (χ2v) is 8.16. The molecule has 1 amide bonds. The van der Waals surface area contributed by atoms with E-state index in [1.807, 2.05) is 0 Å². The number of hydrogen-bond donors (Lipinski definition) is 2. The summed E-state index contributed by atoms with van der Waals surface area (Å²) in [7, 11) is -3.45. The molecule has 1 aromatic carbocycles. The van der Waals surface area contributed by atoms with Crippen LogP contribution in [0.1, 0.15) is 19.2 Å². The van der Waals surface area contributed by atoms with Crippen molar-refractivity contribution in [2.45, 2.75) is 24.7 Å². The number of phenols is 1. The summed E-state index contributed by atoms with van der Waals surface area (Å²) < 4.78 is 29.0. The Labute approximate surface area is 161 Å². The Bertz CT molecular complexity index is 1080. The van der Waals surface area contributed by atoms with Gasteiger partial charge in [-0.2, -0.15) is 4.98 Å². The van der Waals surface area contributed by atoms with Crippen molar-refractivity contribution in [2.75, 3.05) is 11.1 Å². The number of carbonyl (C=O) groups is 1. The minimum absolute atomic E-state index is 0.0128. The molecule has 2 aromatic heterocycles. The minimum atomic E-state index is -3.45. The Balaban J connectivity index is 1.64. The number of sulfone groups is 1. The van der Waals surface area contributed by atoms with Gasteiger partial charge in [0.2, 0.25) is 17.6 Å². The predicted molar refractivity (Wildman–Crippen MR) is 100 cm³/mol. The standard InChI is InChI=1S/C18H18N4O5S/c1-2-28(25,26)13-5-6-15(23)14(10-13)20-16(24)7-8-17-21-18(22-27-17)12-4-3-9-19-11-12/h3-6,9-11,23H,2,7-8H2,1H3,(H,20,24). The number of aromatic hydroxyl groups is 1. The van der Waals surface area contributed by atoms with E-state index in [9.17, 15) is 18.3 Å². The summed E-state index contributed by atoms with van der Waals surface area (Å²) in [4.78, 5) is 20.4. The van der Waals surface area contributed by atoms with Gasteiger partial charge in [-0.3, -0.25) is 9.78 Å². The van der Waals surface area contributed by atoms with Gasteiger partial charge < -0.3 is 14.9 Å². The number of carbonyl (C=O) groups excluding carboxylic acids is 1. The van der Waals surface area contributed by atoms with E-state index in [1.165, 1.54) is 25.1 Å². The molecule has 28 heavy (non-hydrogen) atoms. The van der Waals surface area contributed by atoms with Crippen molar-refractivity contribution in [3.8, 4) is 17.1 Å². The third-order valence-electron chi connectivity index (χ3n) is 3.94. The monoisotopic (exact) mass is 402 g/mol. The number of benzene rings is 1. The Hall–Kier alpha value is -3.27. The van der Waals surface area contributed by atoms with Gasteiger partial charge in [0.05, 0.1) is 16.3 Å². The Morgan fingerprint density at radius 1 is 1.29 bits per heavy atom. The lowest BCUT2D eigenvalue weighted by atomic mass is 10.2. The summed E-state index contributed by atoms with van der Waals surface area (Å²) in [6.45, 7) is 1.52. The predicted octanol–water partition coefficient (Wildman–Crippen LogP) is 2.20. The number of aromatic nitrogens is 3. The summed E-state index contributed by atoms with van der Waals surface area (Å²) in [6, 6.07) is 7.30. The normalized spacial score (nSPS) is 11.3. The number of anilines is 1. The summed E-state index contributed by atoms with van der Waals surface area (Å²) in [5.74, 6) is -0.0802. The molecule has 0 aliphatic heterocycles. The maximum absolute atomic E-state index is 12.2. The van der Waals surface area contributed by atoms with Crippen molar-refractivity contribution in [3.63, 3.8) is 0 Å². The molecule has 0 saturated heterocycles. The molecule has 0 bridgehead atoms. The SMILES string of the molecule is CCS(=O)(=O)c1ccc(O)c(NC(=O)CCc2nc(-c3cccnc3)no2)c1. The van der Waals surface area contributed by atoms with E-state index >= 15 is 0 Å². The van der Waals surface area contributed by atoms with Crippen LogP contribution in [0, 0.1) is 0 Å². The average Bonchev–Trinajstić information content (AvgIpc) is 3.18. The Morgan fingerprint density at radius 2 is 2.11 bits per heavy atom. The van der Waals surface area contributed by atoms with E-state index in [0.717, 1.165) is 0 Å². The van der Waals surface area contributed by atoms with Gasteiger partial charge in [-0.05, 0) is 30.3 Å². The first kappa shape index (κ1) is 19.5. The molecule has 0 aliphatic rings. The highest BCUT2D eigenvalue weighted by molar-refractivity contribution is 7.91. The van der Waals surface area contributed by atoms with Crippen LogP contribution < -0.4 is 5.32 Å². The molecule has 2 N–H and O–H groups in total. The molecule has 9 nitrogen and oxygen atoms in total. The van der Waals surface area contributed by atoms with Crippen molar-refractivity contribution in [2.24, 2.45) is 0 Å². The van der Waals surface area contributed by atoms with Crippen LogP contribution in [0.3, 0.4) is 0 Å². The van der Waals surface area contributed by atoms with E-state index < -0.39 is 15.7 Å². The molecule has 3 rings (SSSR count). The second kappa shape index (κ2) is 8.17. The highest BCUT2D eigenvalue weighted by Crippen LogP contribution is 2.27. The van der Waals surface area contributed by atoms with Crippen LogP contribution >= 0.6 is 0 Å². The number of pyridine rings is 1. The summed E-state index contributed by atoms with van der Waals surface area (Å²) in [6.07, 6.45) is 3.43. The molecule has 10 heteroatoms. The van der Waals surface area contributed by atoms with Gasteiger partial charge >= 0.3 is 0 Å². The highest BCUT2D eigenvalue weighted by Gasteiger charge is 2.16. The third-order valence-corrected chi connectivity index (χ3v) is 5.67. The Morgan fingerprint density at radius 3 is 2.82 bits per heavy atom. The van der Waals surface area contributed by atoms with Crippen LogP contribution in [0.15, 0.2) is 52.1 Å². The molecule has 0 radical (unpaired) electrons. The van der Waals surface area contributed by atoms with Crippen molar-refractivity contribution < 1.29 is 22.8 Å². The van der Waals surface area contributed by atoms with Gasteiger partial charge in [0, 0.05) is 30.8 Å². The fourth-order valence-electron chi connectivity index (χ4n) is 2.38. The zero-order valence-electron chi connectivity index (χ0n) is 15.0. The number of nitrogens with zero attached hydrogens (tertiary/aromatic N) is 3. The molecule has 0 saturated carbocycles. The smallest absolute Gasteiger partial charge is 0.227 e. The van der Waals surface area contributed by atoms with Gasteiger partial charge in [-0.15, -0.1) is 0 Å². The molecule has 0 atom stereocenters. The fourth-order valence-corrected chi connectivity index (χ4v) is 3.28. The van der Waals surface area contributed by atoms with E-state index in [-0.39, 0.29) is 40.8 Å². The number of rotatable bonds is 7. The van der Waals surface area contributed by atoms with Gasteiger partial charge in [-0.1, -0.05) is 12.1 Å². The quantitative estimate of drug-likeness (QED) is 0.574. The number of aryl methyl sites for hydroxylation is 1. The van der Waals surface area contributed by atoms with Gasteiger partial charge in [0.1, 0.15) is 5.75 Å². The molecule has 3 aromatic rings. The van der Waals surface area contributed by atoms with Crippen LogP contribution in [-0.4, -0.2) is 40.3 Å². The summed E-state index contributed by atoms with van der Waals surface area (Å²) in [5.41, 5.74) is 0.724. The Kier molecular flexibility index (Phi) is 5.69. The van der Waals surface area contributed by atoms with Crippen LogP contribution in [0.5, 0.6) is 5.75 Å².